The fourth-order valence-electron chi connectivity index (χ4n) is 2.71. The number of nitrogens with zero attached hydrogens (tertiary/aromatic N) is 1. The van der Waals surface area contributed by atoms with Crippen molar-refractivity contribution in [3.8, 4) is 0 Å². The number of halogens is 2. The van der Waals surface area contributed by atoms with Crippen molar-refractivity contribution >= 4 is 39.8 Å². The summed E-state index contributed by atoms with van der Waals surface area (Å²) in [5.41, 5.74) is 8.62. The van der Waals surface area contributed by atoms with Crippen LogP contribution in [0.1, 0.15) is 37.3 Å². The van der Waals surface area contributed by atoms with Crippen molar-refractivity contribution in [1.29, 1.82) is 0 Å². The van der Waals surface area contributed by atoms with Crippen molar-refractivity contribution in [2.75, 3.05) is 5.73 Å². The van der Waals surface area contributed by atoms with Crippen LogP contribution in [0.5, 0.6) is 0 Å². The van der Waals surface area contributed by atoms with Gasteiger partial charge in [0.1, 0.15) is 0 Å². The normalized spacial score (nSPS) is 16.6. The van der Waals surface area contributed by atoms with E-state index in [1.165, 1.54) is 25.7 Å². The summed E-state index contributed by atoms with van der Waals surface area (Å²) in [6, 6.07) is 5.63. The summed E-state index contributed by atoms with van der Waals surface area (Å²) in [5.74, 6) is 0.520. The molecule has 1 heterocycles. The number of aromatic nitrogens is 1. The molecule has 1 aromatic carbocycles. The molecule has 0 radical (unpaired) electrons. The van der Waals surface area contributed by atoms with E-state index in [-0.39, 0.29) is 0 Å². The molecule has 0 unspecified atom stereocenters. The van der Waals surface area contributed by atoms with Crippen molar-refractivity contribution in [2.24, 2.45) is 0 Å². The molecule has 2 N–H and O–H groups in total. The molecule has 18 heavy (non-hydrogen) atoms. The van der Waals surface area contributed by atoms with Crippen LogP contribution in [0.2, 0.25) is 10.0 Å². The molecule has 4 heteroatoms. The minimum absolute atomic E-state index is 0.501. The third-order valence-corrected chi connectivity index (χ3v) is 4.49. The summed E-state index contributed by atoms with van der Waals surface area (Å²) in [7, 11) is 0. The number of hydrogen-bond donors (Lipinski definition) is 1. The van der Waals surface area contributed by atoms with Crippen LogP contribution < -0.4 is 5.73 Å². The first kappa shape index (κ1) is 12.1. The van der Waals surface area contributed by atoms with Crippen molar-refractivity contribution in [2.45, 2.75) is 31.6 Å². The van der Waals surface area contributed by atoms with E-state index >= 15 is 0 Å². The lowest BCUT2D eigenvalue weighted by atomic mass is 10.0. The molecule has 0 bridgehead atoms. The van der Waals surface area contributed by atoms with Gasteiger partial charge in [-0.2, -0.15) is 0 Å². The number of nitrogen functional groups attached to an aromatic ring is 1. The number of hydrogen-bond acceptors (Lipinski definition) is 2. The Bertz CT molecular complexity index is 604. The average molecular weight is 281 g/mol. The minimum atomic E-state index is 0.501. The van der Waals surface area contributed by atoms with Crippen LogP contribution in [0.25, 0.3) is 10.9 Å². The van der Waals surface area contributed by atoms with E-state index in [1.807, 2.05) is 12.1 Å². The molecule has 0 amide bonds. The number of fused-ring (bicyclic) bond motifs is 1. The van der Waals surface area contributed by atoms with Gasteiger partial charge in [-0.05, 0) is 31.0 Å². The molecule has 94 valence electrons. The molecule has 1 saturated carbocycles. The average Bonchev–Trinajstić information content (AvgIpc) is 2.88. The zero-order valence-electron chi connectivity index (χ0n) is 9.92. The smallest absolute Gasteiger partial charge is 0.0927 e. The third-order valence-electron chi connectivity index (χ3n) is 3.70. The molecule has 2 aromatic rings. The highest BCUT2D eigenvalue weighted by atomic mass is 35.5. The van der Waals surface area contributed by atoms with Crippen molar-refractivity contribution in [3.63, 3.8) is 0 Å². The van der Waals surface area contributed by atoms with Gasteiger partial charge in [0, 0.05) is 22.7 Å². The van der Waals surface area contributed by atoms with Crippen molar-refractivity contribution in [1.82, 2.24) is 4.98 Å². The van der Waals surface area contributed by atoms with E-state index in [0.29, 0.717) is 16.0 Å². The Kier molecular flexibility index (Phi) is 3.08. The Balaban J connectivity index is 2.21. The first-order valence-electron chi connectivity index (χ1n) is 6.21. The maximum Gasteiger partial charge on any atom is 0.0927 e. The molecule has 1 aromatic heterocycles. The van der Waals surface area contributed by atoms with Gasteiger partial charge >= 0.3 is 0 Å². The van der Waals surface area contributed by atoms with Crippen LogP contribution in [-0.2, 0) is 0 Å². The molecule has 0 atom stereocenters. The van der Waals surface area contributed by atoms with Crippen LogP contribution in [0.15, 0.2) is 18.2 Å². The lowest BCUT2D eigenvalue weighted by molar-refractivity contribution is 0.701. The Morgan fingerprint density at radius 3 is 2.61 bits per heavy atom. The number of pyridine rings is 1. The quantitative estimate of drug-likeness (QED) is 0.816. The summed E-state index contributed by atoms with van der Waals surface area (Å²) in [4.78, 5) is 4.68. The molecule has 1 aliphatic rings. The van der Waals surface area contributed by atoms with E-state index in [9.17, 15) is 0 Å². The molecule has 2 nitrogen and oxygen atoms in total. The first-order chi connectivity index (χ1) is 8.66. The predicted molar refractivity (Wildman–Crippen MR) is 77.4 cm³/mol. The Morgan fingerprint density at radius 1 is 1.17 bits per heavy atom. The van der Waals surface area contributed by atoms with Gasteiger partial charge in [-0.15, -0.1) is 0 Å². The monoisotopic (exact) mass is 280 g/mol. The minimum Gasteiger partial charge on any atom is -0.398 e. The van der Waals surface area contributed by atoms with Gasteiger partial charge in [0.15, 0.2) is 0 Å². The molecule has 0 saturated heterocycles. The maximum absolute atomic E-state index is 6.23. The maximum atomic E-state index is 6.23. The largest absolute Gasteiger partial charge is 0.398 e. The van der Waals surface area contributed by atoms with Crippen LogP contribution in [0, 0.1) is 0 Å². The lowest BCUT2D eigenvalue weighted by Crippen LogP contribution is -2.00. The molecule has 3 rings (SSSR count). The third kappa shape index (κ3) is 1.94. The molecular weight excluding hydrogens is 267 g/mol. The van der Waals surface area contributed by atoms with E-state index < -0.39 is 0 Å². The van der Waals surface area contributed by atoms with Crippen LogP contribution >= 0.6 is 23.2 Å². The van der Waals surface area contributed by atoms with Crippen molar-refractivity contribution in [3.05, 3.63) is 33.9 Å². The molecule has 1 aliphatic carbocycles. The highest BCUT2D eigenvalue weighted by Crippen LogP contribution is 2.38. The van der Waals surface area contributed by atoms with E-state index in [0.717, 1.165) is 22.3 Å². The first-order valence-corrected chi connectivity index (χ1v) is 6.96. The topological polar surface area (TPSA) is 38.9 Å². The fraction of sp³-hybridized carbons (Fsp3) is 0.357. The van der Waals surface area contributed by atoms with E-state index in [2.05, 4.69) is 4.98 Å². The highest BCUT2D eigenvalue weighted by Gasteiger charge is 2.20. The summed E-state index contributed by atoms with van der Waals surface area (Å²) in [6.07, 6.45) is 4.92. The SMILES string of the molecule is Nc1cc(C2CCCC2)nc2c(Cl)c(Cl)ccc12. The Morgan fingerprint density at radius 2 is 1.89 bits per heavy atom. The van der Waals surface area contributed by atoms with Gasteiger partial charge in [0.05, 0.1) is 15.6 Å². The summed E-state index contributed by atoms with van der Waals surface area (Å²) in [6.45, 7) is 0. The standard InChI is InChI=1S/C14H14Cl2N2/c15-10-6-5-9-11(17)7-12(8-3-1-2-4-8)18-14(9)13(10)16/h5-8H,1-4H2,(H2,17,18). The lowest BCUT2D eigenvalue weighted by Gasteiger charge is -2.12. The van der Waals surface area contributed by atoms with E-state index in [1.54, 1.807) is 6.07 Å². The zero-order chi connectivity index (χ0) is 12.7. The van der Waals surface area contributed by atoms with Crippen LogP contribution in [0.4, 0.5) is 5.69 Å². The number of rotatable bonds is 1. The van der Waals surface area contributed by atoms with Crippen LogP contribution in [-0.4, -0.2) is 4.98 Å². The second kappa shape index (κ2) is 4.60. The van der Waals surface area contributed by atoms with Gasteiger partial charge in [0.2, 0.25) is 0 Å². The molecule has 0 aliphatic heterocycles. The molecule has 1 fully saturated rings. The number of benzene rings is 1. The van der Waals surface area contributed by atoms with Gasteiger partial charge in [-0.3, -0.25) is 4.98 Å². The molecular formula is C14H14Cl2N2. The van der Waals surface area contributed by atoms with E-state index in [4.69, 9.17) is 28.9 Å². The number of nitrogens with two attached hydrogens (primary N) is 1. The van der Waals surface area contributed by atoms with Crippen LogP contribution in [0.3, 0.4) is 0 Å². The van der Waals surface area contributed by atoms with Crippen molar-refractivity contribution < 1.29 is 0 Å². The predicted octanol–water partition coefficient (Wildman–Crippen LogP) is 4.78. The zero-order valence-corrected chi connectivity index (χ0v) is 11.4. The Labute approximate surface area is 116 Å². The summed E-state index contributed by atoms with van der Waals surface area (Å²) in [5, 5.41) is 1.91. The molecule has 0 spiro atoms. The van der Waals surface area contributed by atoms with Gasteiger partial charge in [-0.1, -0.05) is 36.0 Å². The highest BCUT2D eigenvalue weighted by molar-refractivity contribution is 6.45. The Hall–Kier alpha value is -0.990. The van der Waals surface area contributed by atoms with Gasteiger partial charge in [0.25, 0.3) is 0 Å². The second-order valence-electron chi connectivity index (χ2n) is 4.88. The fourth-order valence-corrected chi connectivity index (χ4v) is 3.07. The van der Waals surface area contributed by atoms with Gasteiger partial charge < -0.3 is 5.73 Å². The second-order valence-corrected chi connectivity index (χ2v) is 5.66. The summed E-state index contributed by atoms with van der Waals surface area (Å²) >= 11 is 12.3. The van der Waals surface area contributed by atoms with Gasteiger partial charge in [-0.25, -0.2) is 0 Å². The summed E-state index contributed by atoms with van der Waals surface area (Å²) < 4.78 is 0. The number of anilines is 1.